The van der Waals surface area contributed by atoms with Crippen LogP contribution in [0.2, 0.25) is 0 Å². The van der Waals surface area contributed by atoms with E-state index >= 15 is 0 Å². The molecule has 2 aromatic carbocycles. The molecule has 0 aliphatic heterocycles. The molecule has 0 saturated heterocycles. The molecule has 0 aromatic heterocycles. The Morgan fingerprint density at radius 3 is 2.05 bits per heavy atom. The summed E-state index contributed by atoms with van der Waals surface area (Å²) in [5.74, 6) is -0.101. The topological polar surface area (TPSA) is 35.6 Å². The standard InChI is InChI=1S/C17H21N3O/c1-19(2)15-10-8-14(9-11-15)18-17(21)13-6-5-7-16(12-13)20(3)4/h5-12H,1-4H3,(H,18,21). The third-order valence-corrected chi connectivity index (χ3v) is 3.27. The number of amides is 1. The molecule has 0 aliphatic carbocycles. The summed E-state index contributed by atoms with van der Waals surface area (Å²) >= 11 is 0. The van der Waals surface area contributed by atoms with E-state index in [-0.39, 0.29) is 5.91 Å². The number of rotatable bonds is 4. The minimum atomic E-state index is -0.101. The molecule has 0 saturated carbocycles. The molecule has 0 atom stereocenters. The van der Waals surface area contributed by atoms with Crippen molar-refractivity contribution in [1.82, 2.24) is 0 Å². The summed E-state index contributed by atoms with van der Waals surface area (Å²) < 4.78 is 0. The fourth-order valence-electron chi connectivity index (χ4n) is 1.97. The second kappa shape index (κ2) is 6.31. The maximum atomic E-state index is 12.3. The zero-order valence-electron chi connectivity index (χ0n) is 12.9. The monoisotopic (exact) mass is 283 g/mol. The number of carbonyl (C=O) groups is 1. The fraction of sp³-hybridized carbons (Fsp3) is 0.235. The van der Waals surface area contributed by atoms with E-state index in [0.717, 1.165) is 17.1 Å². The van der Waals surface area contributed by atoms with Gasteiger partial charge in [-0.2, -0.15) is 0 Å². The van der Waals surface area contributed by atoms with Gasteiger partial charge in [0.15, 0.2) is 0 Å². The fourth-order valence-corrected chi connectivity index (χ4v) is 1.97. The highest BCUT2D eigenvalue weighted by Gasteiger charge is 2.07. The van der Waals surface area contributed by atoms with E-state index in [2.05, 4.69) is 5.32 Å². The highest BCUT2D eigenvalue weighted by atomic mass is 16.1. The maximum Gasteiger partial charge on any atom is 0.255 e. The average Bonchev–Trinajstić information content (AvgIpc) is 2.48. The van der Waals surface area contributed by atoms with Crippen molar-refractivity contribution in [1.29, 1.82) is 0 Å². The van der Waals surface area contributed by atoms with Gasteiger partial charge in [-0.25, -0.2) is 0 Å². The predicted octanol–water partition coefficient (Wildman–Crippen LogP) is 3.07. The SMILES string of the molecule is CN(C)c1ccc(NC(=O)c2cccc(N(C)C)c2)cc1. The highest BCUT2D eigenvalue weighted by Crippen LogP contribution is 2.18. The Hall–Kier alpha value is -2.49. The molecule has 0 fully saturated rings. The van der Waals surface area contributed by atoms with Crippen LogP contribution < -0.4 is 15.1 Å². The molecular weight excluding hydrogens is 262 g/mol. The summed E-state index contributed by atoms with van der Waals surface area (Å²) in [4.78, 5) is 16.3. The van der Waals surface area contributed by atoms with E-state index in [9.17, 15) is 4.79 Å². The van der Waals surface area contributed by atoms with E-state index in [1.54, 1.807) is 0 Å². The summed E-state index contributed by atoms with van der Waals surface area (Å²) in [6, 6.07) is 15.3. The molecule has 0 spiro atoms. The van der Waals surface area contributed by atoms with Crippen LogP contribution >= 0.6 is 0 Å². The molecule has 4 heteroatoms. The van der Waals surface area contributed by atoms with Crippen molar-refractivity contribution in [3.8, 4) is 0 Å². The molecule has 2 rings (SSSR count). The van der Waals surface area contributed by atoms with Gasteiger partial charge in [-0.1, -0.05) is 6.07 Å². The van der Waals surface area contributed by atoms with Gasteiger partial charge >= 0.3 is 0 Å². The summed E-state index contributed by atoms with van der Waals surface area (Å²) in [6.07, 6.45) is 0. The zero-order valence-corrected chi connectivity index (χ0v) is 12.9. The predicted molar refractivity (Wildman–Crippen MR) is 89.5 cm³/mol. The molecule has 0 unspecified atom stereocenters. The lowest BCUT2D eigenvalue weighted by Crippen LogP contribution is -2.14. The van der Waals surface area contributed by atoms with Crippen LogP contribution in [-0.4, -0.2) is 34.1 Å². The van der Waals surface area contributed by atoms with E-state index < -0.39 is 0 Å². The summed E-state index contributed by atoms with van der Waals surface area (Å²) in [5.41, 5.74) is 3.55. The molecule has 0 radical (unpaired) electrons. The first-order chi connectivity index (χ1) is 9.97. The smallest absolute Gasteiger partial charge is 0.255 e. The molecule has 0 bridgehead atoms. The molecule has 0 aliphatic rings. The van der Waals surface area contributed by atoms with Gasteiger partial charge in [0.2, 0.25) is 0 Å². The lowest BCUT2D eigenvalue weighted by Gasteiger charge is -2.14. The third-order valence-electron chi connectivity index (χ3n) is 3.27. The summed E-state index contributed by atoms with van der Waals surface area (Å²) in [6.45, 7) is 0. The summed E-state index contributed by atoms with van der Waals surface area (Å²) in [7, 11) is 7.88. The van der Waals surface area contributed by atoms with Gasteiger partial charge in [0.25, 0.3) is 5.91 Å². The number of hydrogen-bond acceptors (Lipinski definition) is 3. The minimum absolute atomic E-state index is 0.101. The number of carbonyl (C=O) groups excluding carboxylic acids is 1. The van der Waals surface area contributed by atoms with Crippen LogP contribution in [-0.2, 0) is 0 Å². The number of nitrogens with zero attached hydrogens (tertiary/aromatic N) is 2. The van der Waals surface area contributed by atoms with Gasteiger partial charge < -0.3 is 15.1 Å². The van der Waals surface area contributed by atoms with Gasteiger partial charge in [0.1, 0.15) is 0 Å². The van der Waals surface area contributed by atoms with Crippen molar-refractivity contribution in [2.45, 2.75) is 0 Å². The van der Waals surface area contributed by atoms with Crippen molar-refractivity contribution < 1.29 is 4.79 Å². The van der Waals surface area contributed by atoms with Crippen LogP contribution in [0.25, 0.3) is 0 Å². The van der Waals surface area contributed by atoms with E-state index in [0.29, 0.717) is 5.56 Å². The van der Waals surface area contributed by atoms with Crippen molar-refractivity contribution in [3.63, 3.8) is 0 Å². The van der Waals surface area contributed by atoms with Crippen LogP contribution in [0, 0.1) is 0 Å². The number of nitrogens with one attached hydrogen (secondary N) is 1. The van der Waals surface area contributed by atoms with Crippen molar-refractivity contribution >= 4 is 23.0 Å². The molecular formula is C17H21N3O. The van der Waals surface area contributed by atoms with E-state index in [4.69, 9.17) is 0 Å². The van der Waals surface area contributed by atoms with Gasteiger partial charge in [-0.3, -0.25) is 4.79 Å². The Kier molecular flexibility index (Phi) is 4.48. The zero-order chi connectivity index (χ0) is 15.4. The molecule has 21 heavy (non-hydrogen) atoms. The maximum absolute atomic E-state index is 12.3. The average molecular weight is 283 g/mol. The van der Waals surface area contributed by atoms with Crippen LogP contribution in [0.3, 0.4) is 0 Å². The molecule has 1 amide bonds. The van der Waals surface area contributed by atoms with Gasteiger partial charge in [-0.15, -0.1) is 0 Å². The van der Waals surface area contributed by atoms with Crippen LogP contribution in [0.5, 0.6) is 0 Å². The number of anilines is 3. The number of benzene rings is 2. The first kappa shape index (κ1) is 14.9. The van der Waals surface area contributed by atoms with Gasteiger partial charge in [0, 0.05) is 50.8 Å². The Balaban J connectivity index is 2.12. The Morgan fingerprint density at radius 1 is 0.857 bits per heavy atom. The normalized spacial score (nSPS) is 10.1. The first-order valence-electron chi connectivity index (χ1n) is 6.83. The number of hydrogen-bond donors (Lipinski definition) is 1. The second-order valence-corrected chi connectivity index (χ2v) is 5.34. The van der Waals surface area contributed by atoms with E-state index in [1.807, 2.05) is 86.5 Å². The molecule has 0 heterocycles. The van der Waals surface area contributed by atoms with Crippen molar-refractivity contribution in [3.05, 3.63) is 54.1 Å². The molecule has 4 nitrogen and oxygen atoms in total. The lowest BCUT2D eigenvalue weighted by atomic mass is 10.1. The first-order valence-corrected chi connectivity index (χ1v) is 6.83. The second-order valence-electron chi connectivity index (χ2n) is 5.34. The van der Waals surface area contributed by atoms with Crippen molar-refractivity contribution in [2.24, 2.45) is 0 Å². The van der Waals surface area contributed by atoms with E-state index in [1.165, 1.54) is 0 Å². The quantitative estimate of drug-likeness (QED) is 0.936. The minimum Gasteiger partial charge on any atom is -0.378 e. The van der Waals surface area contributed by atoms with Crippen molar-refractivity contribution in [2.75, 3.05) is 43.3 Å². The summed E-state index contributed by atoms with van der Waals surface area (Å²) in [5, 5.41) is 2.91. The third kappa shape index (κ3) is 3.75. The van der Waals surface area contributed by atoms with Crippen LogP contribution in [0.15, 0.2) is 48.5 Å². The molecule has 1 N–H and O–H groups in total. The van der Waals surface area contributed by atoms with Crippen LogP contribution in [0.1, 0.15) is 10.4 Å². The van der Waals surface area contributed by atoms with Gasteiger partial charge in [-0.05, 0) is 42.5 Å². The van der Waals surface area contributed by atoms with Crippen LogP contribution in [0.4, 0.5) is 17.1 Å². The molecule has 2 aromatic rings. The van der Waals surface area contributed by atoms with Gasteiger partial charge in [0.05, 0.1) is 0 Å². The Labute approximate surface area is 126 Å². The largest absolute Gasteiger partial charge is 0.378 e. The lowest BCUT2D eigenvalue weighted by molar-refractivity contribution is 0.102. The Bertz CT molecular complexity index is 618. The molecule has 110 valence electrons. The highest BCUT2D eigenvalue weighted by molar-refractivity contribution is 6.04. The Morgan fingerprint density at radius 2 is 1.48 bits per heavy atom.